The van der Waals surface area contributed by atoms with Crippen LogP contribution in [0.5, 0.6) is 5.75 Å². The van der Waals surface area contributed by atoms with E-state index in [-0.39, 0.29) is 5.54 Å². The van der Waals surface area contributed by atoms with Gasteiger partial charge in [-0.25, -0.2) is 0 Å². The Morgan fingerprint density at radius 1 is 1.26 bits per heavy atom. The third kappa shape index (κ3) is 1.53. The summed E-state index contributed by atoms with van der Waals surface area (Å²) < 4.78 is 5.37. The number of nitrogens with two attached hydrogens (primary N) is 1. The predicted molar refractivity (Wildman–Crippen MR) is 75.9 cm³/mol. The van der Waals surface area contributed by atoms with Crippen molar-refractivity contribution in [2.24, 2.45) is 29.4 Å². The summed E-state index contributed by atoms with van der Waals surface area (Å²) in [5, 5.41) is 0. The molecule has 1 aromatic carbocycles. The molecule has 2 N–H and O–H groups in total. The molecule has 5 atom stereocenters. The summed E-state index contributed by atoms with van der Waals surface area (Å²) in [6.45, 7) is 0. The average molecular weight is 257 g/mol. The van der Waals surface area contributed by atoms with Crippen molar-refractivity contribution in [2.45, 2.75) is 37.6 Å². The maximum absolute atomic E-state index is 6.89. The van der Waals surface area contributed by atoms with E-state index >= 15 is 0 Å². The normalized spacial score (nSPS) is 43.5. The number of methoxy groups -OCH3 is 1. The molecule has 4 rings (SSSR count). The maximum Gasteiger partial charge on any atom is 0.119 e. The Kier molecular flexibility index (Phi) is 2.47. The molecule has 19 heavy (non-hydrogen) atoms. The van der Waals surface area contributed by atoms with Gasteiger partial charge < -0.3 is 10.5 Å². The molecule has 0 aliphatic heterocycles. The van der Waals surface area contributed by atoms with Gasteiger partial charge in [-0.3, -0.25) is 0 Å². The average Bonchev–Trinajstić information content (AvgIpc) is 3.10. The first-order valence-corrected chi connectivity index (χ1v) is 7.66. The van der Waals surface area contributed by atoms with Crippen molar-refractivity contribution < 1.29 is 4.74 Å². The minimum atomic E-state index is -0.0925. The van der Waals surface area contributed by atoms with E-state index < -0.39 is 0 Å². The topological polar surface area (TPSA) is 35.2 Å². The number of ether oxygens (including phenoxy) is 1. The summed E-state index contributed by atoms with van der Waals surface area (Å²) in [7, 11) is 1.73. The van der Waals surface area contributed by atoms with Gasteiger partial charge in [0.05, 0.1) is 7.11 Å². The Hall–Kier alpha value is -1.02. The van der Waals surface area contributed by atoms with Crippen molar-refractivity contribution in [1.29, 1.82) is 0 Å². The van der Waals surface area contributed by atoms with Gasteiger partial charge in [-0.1, -0.05) is 18.6 Å². The van der Waals surface area contributed by atoms with Crippen molar-refractivity contribution in [3.63, 3.8) is 0 Å². The first-order chi connectivity index (χ1) is 9.22. The van der Waals surface area contributed by atoms with E-state index in [1.807, 2.05) is 6.07 Å². The molecule has 2 bridgehead atoms. The van der Waals surface area contributed by atoms with E-state index in [1.54, 1.807) is 7.11 Å². The van der Waals surface area contributed by atoms with Gasteiger partial charge in [-0.05, 0) is 67.1 Å². The number of rotatable bonds is 2. The SMILES string of the molecule is COc1cccc(C2(N)CC3CC2C2CCCC32)c1. The van der Waals surface area contributed by atoms with Gasteiger partial charge in [0.1, 0.15) is 5.75 Å². The minimum Gasteiger partial charge on any atom is -0.497 e. The van der Waals surface area contributed by atoms with Gasteiger partial charge in [0.15, 0.2) is 0 Å². The lowest BCUT2D eigenvalue weighted by Gasteiger charge is -2.40. The Morgan fingerprint density at radius 2 is 2.11 bits per heavy atom. The lowest BCUT2D eigenvalue weighted by Crippen LogP contribution is -2.46. The highest BCUT2D eigenvalue weighted by Gasteiger charge is 2.59. The number of hydrogen-bond acceptors (Lipinski definition) is 2. The second-order valence-electron chi connectivity index (χ2n) is 6.84. The highest BCUT2D eigenvalue weighted by atomic mass is 16.5. The van der Waals surface area contributed by atoms with E-state index in [9.17, 15) is 0 Å². The Morgan fingerprint density at radius 3 is 2.95 bits per heavy atom. The summed E-state index contributed by atoms with van der Waals surface area (Å²) in [6.07, 6.45) is 6.85. The Labute approximate surface area is 115 Å². The summed E-state index contributed by atoms with van der Waals surface area (Å²) >= 11 is 0. The van der Waals surface area contributed by atoms with Crippen LogP contribution >= 0.6 is 0 Å². The lowest BCUT2D eigenvalue weighted by molar-refractivity contribution is 0.156. The molecule has 2 nitrogen and oxygen atoms in total. The smallest absolute Gasteiger partial charge is 0.119 e. The third-order valence-corrected chi connectivity index (χ3v) is 6.17. The molecular formula is C17H23NO. The van der Waals surface area contributed by atoms with Crippen LogP contribution in [-0.2, 0) is 5.54 Å². The van der Waals surface area contributed by atoms with Crippen LogP contribution in [0.2, 0.25) is 0 Å². The molecular weight excluding hydrogens is 234 g/mol. The molecule has 2 heteroatoms. The van der Waals surface area contributed by atoms with Crippen LogP contribution < -0.4 is 10.5 Å². The van der Waals surface area contributed by atoms with Crippen LogP contribution in [0.3, 0.4) is 0 Å². The first-order valence-electron chi connectivity index (χ1n) is 7.66. The van der Waals surface area contributed by atoms with Crippen molar-refractivity contribution in [3.8, 4) is 5.75 Å². The number of hydrogen-bond donors (Lipinski definition) is 1. The summed E-state index contributed by atoms with van der Waals surface area (Å²) in [5.74, 6) is 4.42. The van der Waals surface area contributed by atoms with Gasteiger partial charge >= 0.3 is 0 Å². The predicted octanol–water partition coefficient (Wildman–Crippen LogP) is 3.31. The fourth-order valence-corrected chi connectivity index (χ4v) is 5.43. The molecule has 5 unspecified atom stereocenters. The second-order valence-corrected chi connectivity index (χ2v) is 6.84. The van der Waals surface area contributed by atoms with Crippen LogP contribution in [0.4, 0.5) is 0 Å². The van der Waals surface area contributed by atoms with Crippen molar-refractivity contribution in [2.75, 3.05) is 7.11 Å². The molecule has 0 spiro atoms. The van der Waals surface area contributed by atoms with Gasteiger partial charge in [0.2, 0.25) is 0 Å². The van der Waals surface area contributed by atoms with Crippen molar-refractivity contribution in [3.05, 3.63) is 29.8 Å². The lowest BCUT2D eigenvalue weighted by atomic mass is 9.68. The standard InChI is InChI=1S/C17H23NO/c1-19-13-5-2-4-12(9-13)17(18)10-11-8-16(17)15-7-3-6-14(11)15/h2,4-5,9,11,14-16H,3,6-8,10,18H2,1H3. The van der Waals surface area contributed by atoms with Crippen LogP contribution in [-0.4, -0.2) is 7.11 Å². The van der Waals surface area contributed by atoms with Gasteiger partial charge in [-0.2, -0.15) is 0 Å². The van der Waals surface area contributed by atoms with E-state index in [2.05, 4.69) is 18.2 Å². The van der Waals surface area contributed by atoms with E-state index in [4.69, 9.17) is 10.5 Å². The summed E-state index contributed by atoms with van der Waals surface area (Å²) in [5.41, 5.74) is 8.09. The molecule has 0 radical (unpaired) electrons. The van der Waals surface area contributed by atoms with Gasteiger partial charge in [0.25, 0.3) is 0 Å². The van der Waals surface area contributed by atoms with Crippen LogP contribution in [0.1, 0.15) is 37.7 Å². The molecule has 102 valence electrons. The zero-order chi connectivity index (χ0) is 13.0. The van der Waals surface area contributed by atoms with E-state index in [1.165, 1.54) is 37.7 Å². The molecule has 0 saturated heterocycles. The van der Waals surface area contributed by atoms with Crippen molar-refractivity contribution >= 4 is 0 Å². The van der Waals surface area contributed by atoms with Crippen molar-refractivity contribution in [1.82, 2.24) is 0 Å². The second kappa shape index (κ2) is 3.99. The molecule has 3 saturated carbocycles. The largest absolute Gasteiger partial charge is 0.497 e. The maximum atomic E-state index is 6.89. The summed E-state index contributed by atoms with van der Waals surface area (Å²) in [6, 6.07) is 8.46. The Balaban J connectivity index is 1.71. The number of benzene rings is 1. The highest BCUT2D eigenvalue weighted by molar-refractivity contribution is 5.36. The molecule has 3 fully saturated rings. The molecule has 0 aromatic heterocycles. The van der Waals surface area contributed by atoms with Crippen LogP contribution in [0, 0.1) is 23.7 Å². The van der Waals surface area contributed by atoms with Gasteiger partial charge in [-0.15, -0.1) is 0 Å². The van der Waals surface area contributed by atoms with Gasteiger partial charge in [0, 0.05) is 5.54 Å². The van der Waals surface area contributed by atoms with Crippen LogP contribution in [0.15, 0.2) is 24.3 Å². The third-order valence-electron chi connectivity index (χ3n) is 6.17. The molecule has 3 aliphatic rings. The molecule has 3 aliphatic carbocycles. The Bertz CT molecular complexity index is 500. The zero-order valence-electron chi connectivity index (χ0n) is 11.6. The molecule has 1 aromatic rings. The monoisotopic (exact) mass is 257 g/mol. The first kappa shape index (κ1) is 11.8. The van der Waals surface area contributed by atoms with E-state index in [0.717, 1.165) is 23.5 Å². The zero-order valence-corrected chi connectivity index (χ0v) is 11.6. The molecule has 0 heterocycles. The molecule has 0 amide bonds. The summed E-state index contributed by atoms with van der Waals surface area (Å²) in [4.78, 5) is 0. The minimum absolute atomic E-state index is 0.0925. The van der Waals surface area contributed by atoms with E-state index in [0.29, 0.717) is 5.92 Å². The van der Waals surface area contributed by atoms with Crippen LogP contribution in [0.25, 0.3) is 0 Å². The number of fused-ring (bicyclic) bond motifs is 5. The quantitative estimate of drug-likeness (QED) is 0.882. The fourth-order valence-electron chi connectivity index (χ4n) is 5.43. The highest BCUT2D eigenvalue weighted by Crippen LogP contribution is 2.64. The fraction of sp³-hybridized carbons (Fsp3) is 0.647.